The first-order valence-electron chi connectivity index (χ1n) is 3.64. The first-order chi connectivity index (χ1) is 8.00. The number of rotatable bonds is 0. The second kappa shape index (κ2) is 29.8. The van der Waals surface area contributed by atoms with Crippen molar-refractivity contribution in [2.24, 2.45) is 0 Å². The summed E-state index contributed by atoms with van der Waals surface area (Å²) in [6.45, 7) is 13.5. The Hall–Kier alpha value is -0.996. The van der Waals surface area contributed by atoms with E-state index in [1.165, 1.54) is 0 Å². The molecule has 0 saturated heterocycles. The Bertz CT molecular complexity index is 226. The van der Waals surface area contributed by atoms with Gasteiger partial charge in [-0.05, 0) is 12.8 Å². The van der Waals surface area contributed by atoms with Gasteiger partial charge in [-0.15, -0.1) is 0 Å². The van der Waals surface area contributed by atoms with Gasteiger partial charge < -0.3 is 17.3 Å². The van der Waals surface area contributed by atoms with Crippen LogP contribution in [0.25, 0.3) is 0 Å². The van der Waals surface area contributed by atoms with Crippen LogP contribution < -0.4 is 0 Å². The smallest absolute Gasteiger partial charge is 0 e. The molecule has 1 aliphatic rings. The minimum atomic E-state index is -6.00. The van der Waals surface area contributed by atoms with Gasteiger partial charge in [0.2, 0.25) is 0 Å². The predicted molar refractivity (Wildman–Crippen MR) is 49.2 cm³/mol. The molecule has 0 spiro atoms. The molecule has 0 aromatic rings. The van der Waals surface area contributed by atoms with Crippen molar-refractivity contribution in [3.05, 3.63) is 50.7 Å². The molecule has 9 heteroatoms. The summed E-state index contributed by atoms with van der Waals surface area (Å²) in [5, 5.41) is 0. The van der Waals surface area contributed by atoms with Gasteiger partial charge in [0.25, 0.3) is 0 Å². The monoisotopic (exact) mass is 306 g/mol. The number of hydrogen-bond donors (Lipinski definition) is 0. The molecular formula is C9H7BF4FeO3-. The van der Waals surface area contributed by atoms with Crippen molar-refractivity contribution >= 4 is 7.25 Å². The SMILES string of the molecule is F[B-](F)(F)F.[C-]#[O+].[C-]#[O+].[C-]#[O+].[CH]1C=CC=CC1.[Fe]. The Morgan fingerprint density at radius 3 is 1.17 bits per heavy atom. The Labute approximate surface area is 113 Å². The van der Waals surface area contributed by atoms with Crippen LogP contribution in [0.3, 0.4) is 0 Å². The third-order valence-electron chi connectivity index (χ3n) is 0.767. The summed E-state index contributed by atoms with van der Waals surface area (Å²) in [6.07, 6.45) is 11.5. The zero-order chi connectivity index (χ0) is 14.7. The molecule has 0 atom stereocenters. The van der Waals surface area contributed by atoms with Crippen molar-refractivity contribution in [3.63, 3.8) is 0 Å². The van der Waals surface area contributed by atoms with Crippen molar-refractivity contribution < 1.29 is 48.3 Å². The fourth-order valence-electron chi connectivity index (χ4n) is 0.457. The van der Waals surface area contributed by atoms with Crippen LogP contribution >= 0.6 is 0 Å². The van der Waals surface area contributed by atoms with Crippen LogP contribution in [-0.4, -0.2) is 7.25 Å². The summed E-state index contributed by atoms with van der Waals surface area (Å²) in [7, 11) is -6.00. The molecule has 0 aliphatic heterocycles. The Balaban J connectivity index is -0.0000000431. The number of halogens is 4. The van der Waals surface area contributed by atoms with Crippen molar-refractivity contribution in [1.82, 2.24) is 0 Å². The largest absolute Gasteiger partial charge is 0.0839 e. The molecule has 1 radical (unpaired) electrons. The first kappa shape index (κ1) is 30.2. The maximum atomic E-state index is 9.75. The number of allylic oxidation sites excluding steroid dienone is 4. The third-order valence-corrected chi connectivity index (χ3v) is 0.767. The van der Waals surface area contributed by atoms with Gasteiger partial charge in [0.1, 0.15) is 0 Å². The van der Waals surface area contributed by atoms with Crippen molar-refractivity contribution in [2.45, 2.75) is 6.42 Å². The molecule has 0 heterocycles. The molecule has 0 aromatic heterocycles. The van der Waals surface area contributed by atoms with E-state index in [4.69, 9.17) is 14.0 Å². The van der Waals surface area contributed by atoms with E-state index in [-0.39, 0.29) is 17.1 Å². The molecule has 101 valence electrons. The van der Waals surface area contributed by atoms with Gasteiger partial charge in [-0.2, -0.15) is 0 Å². The molecule has 0 bridgehead atoms. The van der Waals surface area contributed by atoms with E-state index in [1.54, 1.807) is 0 Å². The van der Waals surface area contributed by atoms with E-state index in [0.29, 0.717) is 0 Å². The molecule has 3 nitrogen and oxygen atoms in total. The molecule has 0 saturated carbocycles. The Morgan fingerprint density at radius 1 is 0.778 bits per heavy atom. The second-order valence-corrected chi connectivity index (χ2v) is 1.78. The van der Waals surface area contributed by atoms with Crippen LogP contribution in [-0.2, 0) is 31.0 Å². The number of hydrogen-bond acceptors (Lipinski definition) is 0. The molecule has 1 rings (SSSR count). The summed E-state index contributed by atoms with van der Waals surface area (Å²) in [5.74, 6) is 0. The topological polar surface area (TPSA) is 59.7 Å². The summed E-state index contributed by atoms with van der Waals surface area (Å²) in [4.78, 5) is 0. The van der Waals surface area contributed by atoms with E-state index in [1.807, 2.05) is 6.08 Å². The summed E-state index contributed by atoms with van der Waals surface area (Å²) >= 11 is 0. The maximum absolute atomic E-state index is 9.75. The molecule has 0 amide bonds. The summed E-state index contributed by atoms with van der Waals surface area (Å²) < 4.78 is 61.5. The second-order valence-electron chi connectivity index (χ2n) is 1.78. The molecule has 0 unspecified atom stereocenters. The fourth-order valence-corrected chi connectivity index (χ4v) is 0.457. The van der Waals surface area contributed by atoms with Crippen molar-refractivity contribution in [2.75, 3.05) is 0 Å². The van der Waals surface area contributed by atoms with Gasteiger partial charge in [-0.3, -0.25) is 0 Å². The average Bonchev–Trinajstić information content (AvgIpc) is 2.37. The Kier molecular flexibility index (Phi) is 50.0. The van der Waals surface area contributed by atoms with Crippen molar-refractivity contribution in [3.8, 4) is 0 Å². The molecule has 0 fully saturated rings. The van der Waals surface area contributed by atoms with Crippen molar-refractivity contribution in [1.29, 1.82) is 0 Å². The van der Waals surface area contributed by atoms with Gasteiger partial charge in [0.15, 0.2) is 0 Å². The zero-order valence-electron chi connectivity index (χ0n) is 8.76. The maximum Gasteiger partial charge on any atom is 0 e. The van der Waals surface area contributed by atoms with Crippen LogP contribution in [0.5, 0.6) is 0 Å². The minimum Gasteiger partial charge on any atom is -0.0839 e. The van der Waals surface area contributed by atoms with E-state index < -0.39 is 7.25 Å². The van der Waals surface area contributed by atoms with E-state index in [0.717, 1.165) is 6.42 Å². The molecular weight excluding hydrogens is 299 g/mol. The van der Waals surface area contributed by atoms with Crippen LogP contribution in [0.1, 0.15) is 6.42 Å². The molecule has 0 aromatic carbocycles. The van der Waals surface area contributed by atoms with E-state index >= 15 is 0 Å². The molecule has 0 N–H and O–H groups in total. The third kappa shape index (κ3) is 118. The quantitative estimate of drug-likeness (QED) is 0.286. The summed E-state index contributed by atoms with van der Waals surface area (Å²) in [5.41, 5.74) is 0. The van der Waals surface area contributed by atoms with Crippen LogP contribution in [0.2, 0.25) is 0 Å². The molecule has 1 aliphatic carbocycles. The predicted octanol–water partition coefficient (Wildman–Crippen LogP) is 2.89. The minimum absolute atomic E-state index is 0. The average molecular weight is 306 g/mol. The van der Waals surface area contributed by atoms with Gasteiger partial charge >= 0.3 is 41.2 Å². The fraction of sp³-hybridized carbons (Fsp3) is 0.111. The summed E-state index contributed by atoms with van der Waals surface area (Å²) in [6, 6.07) is 0. The van der Waals surface area contributed by atoms with Gasteiger partial charge in [0.05, 0.1) is 0 Å². The Morgan fingerprint density at radius 2 is 1.11 bits per heavy atom. The normalized spacial score (nSPS) is 9.89. The first-order valence-corrected chi connectivity index (χ1v) is 3.64. The van der Waals surface area contributed by atoms with Crippen LogP contribution in [0.15, 0.2) is 24.3 Å². The van der Waals surface area contributed by atoms with Gasteiger partial charge in [-0.25, -0.2) is 0 Å². The van der Waals surface area contributed by atoms with E-state index in [2.05, 4.69) is 44.6 Å². The zero-order valence-corrected chi connectivity index (χ0v) is 9.87. The van der Waals surface area contributed by atoms with E-state index in [9.17, 15) is 17.3 Å². The molecule has 18 heavy (non-hydrogen) atoms. The van der Waals surface area contributed by atoms with Crippen LogP contribution in [0, 0.1) is 26.4 Å². The standard InChI is InChI=1S/C6H7.3CO.BF4.Fe/c1-2-4-6-5-3-1;3*1-2;2-1(3,4)5;/h1-5H,6H2;;;;;/q;;;;-1;. The van der Waals surface area contributed by atoms with Gasteiger partial charge in [0, 0.05) is 17.1 Å². The van der Waals surface area contributed by atoms with Gasteiger partial charge in [-0.1, -0.05) is 24.3 Å². The van der Waals surface area contributed by atoms with Crippen LogP contribution in [0.4, 0.5) is 17.3 Å².